The molecule has 1 atom stereocenters. The monoisotopic (exact) mass is 224 g/mol. The number of aromatic nitrogens is 1. The van der Waals surface area contributed by atoms with Gasteiger partial charge in [-0.2, -0.15) is 0 Å². The second kappa shape index (κ2) is 4.75. The zero-order valence-corrected chi connectivity index (χ0v) is 9.80. The van der Waals surface area contributed by atoms with Crippen molar-refractivity contribution in [2.75, 3.05) is 6.54 Å². The van der Waals surface area contributed by atoms with Gasteiger partial charge >= 0.3 is 0 Å². The first-order valence-electron chi connectivity index (χ1n) is 5.52. The Balaban J connectivity index is 2.11. The van der Waals surface area contributed by atoms with E-state index in [-0.39, 0.29) is 5.91 Å². The number of nitrogens with zero attached hydrogens (tertiary/aromatic N) is 2. The first-order chi connectivity index (χ1) is 7.33. The summed E-state index contributed by atoms with van der Waals surface area (Å²) in [6.45, 7) is 3.05. The molecule has 1 aliphatic rings. The Morgan fingerprint density at radius 1 is 1.67 bits per heavy atom. The van der Waals surface area contributed by atoms with Crippen LogP contribution in [0.3, 0.4) is 0 Å². The summed E-state index contributed by atoms with van der Waals surface area (Å²) in [5.41, 5.74) is 2.33. The molecule has 1 aromatic heterocycles. The lowest BCUT2D eigenvalue weighted by Gasteiger charge is -2.34. The molecule has 1 amide bonds. The van der Waals surface area contributed by atoms with Gasteiger partial charge in [-0.15, -0.1) is 11.3 Å². The van der Waals surface area contributed by atoms with Gasteiger partial charge in [0.15, 0.2) is 0 Å². The molecule has 0 aliphatic carbocycles. The SMILES string of the molecule is CCC1CCCCN1C(=O)c1cscn1. The van der Waals surface area contributed by atoms with E-state index in [4.69, 9.17) is 0 Å². The Labute approximate surface area is 94.1 Å². The Hall–Kier alpha value is -0.900. The van der Waals surface area contributed by atoms with Crippen LogP contribution in [0.5, 0.6) is 0 Å². The van der Waals surface area contributed by atoms with E-state index in [1.165, 1.54) is 17.8 Å². The largest absolute Gasteiger partial charge is 0.334 e. The second-order valence-electron chi connectivity index (χ2n) is 3.93. The second-order valence-corrected chi connectivity index (χ2v) is 4.65. The lowest BCUT2D eigenvalue weighted by molar-refractivity contribution is 0.0603. The van der Waals surface area contributed by atoms with E-state index < -0.39 is 0 Å². The molecule has 0 bridgehead atoms. The Morgan fingerprint density at radius 3 is 3.20 bits per heavy atom. The van der Waals surface area contributed by atoms with E-state index in [2.05, 4.69) is 11.9 Å². The maximum Gasteiger partial charge on any atom is 0.273 e. The summed E-state index contributed by atoms with van der Waals surface area (Å²) in [5, 5.41) is 1.84. The van der Waals surface area contributed by atoms with E-state index in [9.17, 15) is 4.79 Å². The topological polar surface area (TPSA) is 33.2 Å². The van der Waals surface area contributed by atoms with Gasteiger partial charge in [0.25, 0.3) is 5.91 Å². The Bertz CT molecular complexity index is 323. The molecule has 0 N–H and O–H groups in total. The normalized spacial score (nSPS) is 21.7. The number of rotatable bonds is 2. The molecule has 1 aromatic rings. The molecule has 15 heavy (non-hydrogen) atoms. The van der Waals surface area contributed by atoms with Crippen molar-refractivity contribution in [2.24, 2.45) is 0 Å². The number of piperidine rings is 1. The van der Waals surface area contributed by atoms with Crippen LogP contribution in [0.15, 0.2) is 10.9 Å². The maximum atomic E-state index is 12.1. The molecule has 0 spiro atoms. The fraction of sp³-hybridized carbons (Fsp3) is 0.636. The summed E-state index contributed by atoms with van der Waals surface area (Å²) in [7, 11) is 0. The highest BCUT2D eigenvalue weighted by molar-refractivity contribution is 7.07. The third kappa shape index (κ3) is 2.20. The summed E-state index contributed by atoms with van der Waals surface area (Å²) in [6.07, 6.45) is 4.58. The van der Waals surface area contributed by atoms with Crippen LogP contribution in [0.1, 0.15) is 43.1 Å². The minimum absolute atomic E-state index is 0.114. The molecule has 2 rings (SSSR count). The number of likely N-dealkylation sites (tertiary alicyclic amines) is 1. The predicted molar refractivity (Wildman–Crippen MR) is 61.1 cm³/mol. The third-order valence-electron chi connectivity index (χ3n) is 3.01. The zero-order chi connectivity index (χ0) is 10.7. The van der Waals surface area contributed by atoms with Gasteiger partial charge in [-0.25, -0.2) is 4.98 Å². The van der Waals surface area contributed by atoms with E-state index in [1.54, 1.807) is 5.51 Å². The van der Waals surface area contributed by atoms with Gasteiger partial charge in [-0.1, -0.05) is 6.92 Å². The number of thiazole rings is 1. The van der Waals surface area contributed by atoms with Gasteiger partial charge in [0.05, 0.1) is 5.51 Å². The van der Waals surface area contributed by atoms with Crippen molar-refractivity contribution >= 4 is 17.2 Å². The summed E-state index contributed by atoms with van der Waals surface area (Å²) < 4.78 is 0. The highest BCUT2D eigenvalue weighted by atomic mass is 32.1. The average molecular weight is 224 g/mol. The van der Waals surface area contributed by atoms with Gasteiger partial charge in [0.2, 0.25) is 0 Å². The van der Waals surface area contributed by atoms with Crippen LogP contribution in [-0.2, 0) is 0 Å². The summed E-state index contributed by atoms with van der Waals surface area (Å²) in [4.78, 5) is 18.2. The molecule has 0 saturated carbocycles. The summed E-state index contributed by atoms with van der Waals surface area (Å²) in [5.74, 6) is 0.114. The van der Waals surface area contributed by atoms with Gasteiger partial charge < -0.3 is 4.90 Å². The number of amides is 1. The lowest BCUT2D eigenvalue weighted by Crippen LogP contribution is -2.43. The van der Waals surface area contributed by atoms with Gasteiger partial charge in [0.1, 0.15) is 5.69 Å². The number of carbonyl (C=O) groups is 1. The van der Waals surface area contributed by atoms with Crippen LogP contribution in [-0.4, -0.2) is 28.4 Å². The first kappa shape index (κ1) is 10.6. The van der Waals surface area contributed by atoms with Gasteiger partial charge in [-0.05, 0) is 25.7 Å². The van der Waals surface area contributed by atoms with Crippen molar-refractivity contribution in [3.05, 3.63) is 16.6 Å². The lowest BCUT2D eigenvalue weighted by atomic mass is 10.00. The predicted octanol–water partition coefficient (Wildman–Crippen LogP) is 2.55. The van der Waals surface area contributed by atoms with Crippen molar-refractivity contribution < 1.29 is 4.79 Å². The van der Waals surface area contributed by atoms with Crippen LogP contribution in [0.25, 0.3) is 0 Å². The third-order valence-corrected chi connectivity index (χ3v) is 3.60. The highest BCUT2D eigenvalue weighted by Gasteiger charge is 2.26. The number of carbonyl (C=O) groups excluding carboxylic acids is 1. The van der Waals surface area contributed by atoms with Crippen LogP contribution >= 0.6 is 11.3 Å². The minimum Gasteiger partial charge on any atom is -0.334 e. The molecule has 3 nitrogen and oxygen atoms in total. The van der Waals surface area contributed by atoms with Gasteiger partial charge in [0, 0.05) is 18.0 Å². The molecular formula is C11H16N2OS. The molecular weight excluding hydrogens is 208 g/mol. The Morgan fingerprint density at radius 2 is 2.53 bits per heavy atom. The fourth-order valence-electron chi connectivity index (χ4n) is 2.16. The summed E-state index contributed by atoms with van der Waals surface area (Å²) >= 11 is 1.48. The molecule has 2 heterocycles. The van der Waals surface area contributed by atoms with Crippen molar-refractivity contribution in [3.63, 3.8) is 0 Å². The molecule has 0 aromatic carbocycles. The van der Waals surface area contributed by atoms with Crippen molar-refractivity contribution in [2.45, 2.75) is 38.6 Å². The highest BCUT2D eigenvalue weighted by Crippen LogP contribution is 2.21. The molecule has 1 fully saturated rings. The first-order valence-corrected chi connectivity index (χ1v) is 6.46. The van der Waals surface area contributed by atoms with Crippen molar-refractivity contribution in [3.8, 4) is 0 Å². The molecule has 1 aliphatic heterocycles. The zero-order valence-electron chi connectivity index (χ0n) is 8.98. The number of hydrogen-bond donors (Lipinski definition) is 0. The van der Waals surface area contributed by atoms with Crippen molar-refractivity contribution in [1.29, 1.82) is 0 Å². The standard InChI is InChI=1S/C11H16N2OS/c1-2-9-5-3-4-6-13(9)11(14)10-7-15-8-12-10/h7-9H,2-6H2,1H3. The van der Waals surface area contributed by atoms with E-state index >= 15 is 0 Å². The average Bonchev–Trinajstić information content (AvgIpc) is 2.81. The quantitative estimate of drug-likeness (QED) is 0.773. The van der Waals surface area contributed by atoms with E-state index in [0.29, 0.717) is 11.7 Å². The Kier molecular flexibility index (Phi) is 3.36. The fourth-order valence-corrected chi connectivity index (χ4v) is 2.68. The van der Waals surface area contributed by atoms with E-state index in [1.807, 2.05) is 10.3 Å². The smallest absolute Gasteiger partial charge is 0.273 e. The van der Waals surface area contributed by atoms with Crippen molar-refractivity contribution in [1.82, 2.24) is 9.88 Å². The molecule has 82 valence electrons. The minimum atomic E-state index is 0.114. The van der Waals surface area contributed by atoms with Crippen LogP contribution in [0, 0.1) is 0 Å². The maximum absolute atomic E-state index is 12.1. The molecule has 4 heteroatoms. The molecule has 1 saturated heterocycles. The van der Waals surface area contributed by atoms with E-state index in [0.717, 1.165) is 25.8 Å². The van der Waals surface area contributed by atoms with Crippen LogP contribution in [0.2, 0.25) is 0 Å². The molecule has 0 radical (unpaired) electrons. The van der Waals surface area contributed by atoms with Gasteiger partial charge in [-0.3, -0.25) is 4.79 Å². The summed E-state index contributed by atoms with van der Waals surface area (Å²) in [6, 6.07) is 0.424. The number of hydrogen-bond acceptors (Lipinski definition) is 3. The van der Waals surface area contributed by atoms with Crippen LogP contribution in [0.4, 0.5) is 0 Å². The van der Waals surface area contributed by atoms with Crippen LogP contribution < -0.4 is 0 Å². The molecule has 1 unspecified atom stereocenters.